The molecule has 8 saturated carbocycles. The Morgan fingerprint density at radius 2 is 1.00 bits per heavy atom. The quantitative estimate of drug-likeness (QED) is 0.309. The lowest BCUT2D eigenvalue weighted by Gasteiger charge is -2.77. The maximum Gasteiger partial charge on any atom is 0.128 e. The van der Waals surface area contributed by atoms with Crippen molar-refractivity contribution in [3.05, 3.63) is 54.7 Å². The van der Waals surface area contributed by atoms with Crippen LogP contribution in [-0.4, -0.2) is 10.2 Å². The fourth-order valence-electron chi connectivity index (χ4n) is 13.3. The Bertz CT molecular complexity index is 1270. The van der Waals surface area contributed by atoms with Crippen molar-refractivity contribution in [2.24, 2.45) is 33.5 Å². The largest absolute Gasteiger partial charge is 0.507 e. The number of hydrogen-bond acceptors (Lipinski definition) is 2. The van der Waals surface area contributed by atoms with Crippen molar-refractivity contribution in [2.75, 3.05) is 0 Å². The summed E-state index contributed by atoms with van der Waals surface area (Å²) in [6, 6.07) is 13.2. The summed E-state index contributed by atoms with van der Waals surface area (Å²) < 4.78 is 2.02. The molecule has 0 spiro atoms. The molecule has 8 bridgehead atoms. The molecule has 0 aromatic heterocycles. The van der Waals surface area contributed by atoms with Crippen LogP contribution in [0.5, 0.6) is 11.5 Å². The van der Waals surface area contributed by atoms with Crippen LogP contribution in [0, 0.1) is 40.6 Å². The van der Waals surface area contributed by atoms with Crippen LogP contribution in [0.15, 0.2) is 36.4 Å². The van der Waals surface area contributed by atoms with Gasteiger partial charge in [0.1, 0.15) is 11.5 Å². The maximum atomic E-state index is 10.4. The topological polar surface area (TPSA) is 40.5 Å². The third-order valence-corrected chi connectivity index (χ3v) is 14.7. The van der Waals surface area contributed by atoms with Crippen molar-refractivity contribution < 1.29 is 10.2 Å². The minimum Gasteiger partial charge on any atom is -0.507 e. The minimum atomic E-state index is 0.271. The van der Waals surface area contributed by atoms with Gasteiger partial charge in [-0.1, -0.05) is 26.0 Å². The van der Waals surface area contributed by atoms with E-state index in [1.807, 2.05) is 12.1 Å². The first-order valence-corrected chi connectivity index (χ1v) is 17.0. The molecule has 2 nitrogen and oxygen atoms in total. The lowest BCUT2D eigenvalue weighted by molar-refractivity contribution is -0.244. The number of benzene rings is 2. The number of phenols is 2. The molecule has 0 heterocycles. The molecule has 0 aliphatic heterocycles. The van der Waals surface area contributed by atoms with E-state index in [9.17, 15) is 10.2 Å². The molecule has 2 N–H and O–H groups in total. The van der Waals surface area contributed by atoms with Crippen molar-refractivity contribution in [3.8, 4) is 11.5 Å². The molecule has 2 aromatic rings. The van der Waals surface area contributed by atoms with Crippen LogP contribution in [0.1, 0.15) is 102 Å². The summed E-state index contributed by atoms with van der Waals surface area (Å²) in [5.41, 5.74) is 5.31. The van der Waals surface area contributed by atoms with Crippen molar-refractivity contribution in [3.63, 3.8) is 0 Å². The molecule has 10 rings (SSSR count). The Morgan fingerprint density at radius 3 is 1.37 bits per heavy atom. The van der Waals surface area contributed by atoms with Gasteiger partial charge in [0.05, 0.1) is 7.14 Å². The summed E-state index contributed by atoms with van der Waals surface area (Å²) in [5.74, 6) is 2.54. The molecule has 8 unspecified atom stereocenters. The molecule has 8 fully saturated rings. The third kappa shape index (κ3) is 3.34. The van der Waals surface area contributed by atoms with Gasteiger partial charge < -0.3 is 10.2 Å². The molecule has 4 heteroatoms. The van der Waals surface area contributed by atoms with E-state index in [-0.39, 0.29) is 10.8 Å². The van der Waals surface area contributed by atoms with Crippen molar-refractivity contribution in [1.29, 1.82) is 0 Å². The number of rotatable bonds is 3. The fourth-order valence-corrected chi connectivity index (χ4v) is 14.4. The normalized spacial score (nSPS) is 48.1. The standard InChI is InChI=1S/C34H40I2O2/c1-29-9-21-11-31(15-29,23-3-5-27(37)25(35)7-23)19-33(13-21,17-29)34-14-22-10-30(2,18-34)16-32(12-22,20-34)24-4-6-28(38)26(36)8-24/h3-8,21-22,37-38H,9-20H2,1-2H3. The highest BCUT2D eigenvalue weighted by atomic mass is 127. The van der Waals surface area contributed by atoms with E-state index in [4.69, 9.17) is 0 Å². The Morgan fingerprint density at radius 1 is 0.579 bits per heavy atom. The van der Waals surface area contributed by atoms with Gasteiger partial charge in [0.15, 0.2) is 0 Å². The van der Waals surface area contributed by atoms with Gasteiger partial charge in [-0.2, -0.15) is 0 Å². The average Bonchev–Trinajstić information content (AvgIpc) is 2.79. The first-order chi connectivity index (χ1) is 17.9. The Hall–Kier alpha value is -0.500. The Balaban J connectivity index is 1.27. The second-order valence-electron chi connectivity index (χ2n) is 16.1. The molecule has 0 radical (unpaired) electrons. The summed E-state index contributed by atoms with van der Waals surface area (Å²) in [6.07, 6.45) is 16.7. The van der Waals surface area contributed by atoms with Crippen LogP contribution >= 0.6 is 45.2 Å². The molecule has 8 aliphatic rings. The molecule has 38 heavy (non-hydrogen) atoms. The highest BCUT2D eigenvalue weighted by Gasteiger charge is 2.73. The number of phenolic OH excluding ortho intramolecular Hbond substituents is 2. The second kappa shape index (κ2) is 7.66. The molecule has 0 amide bonds. The van der Waals surface area contributed by atoms with Gasteiger partial charge in [-0.3, -0.25) is 0 Å². The highest BCUT2D eigenvalue weighted by Crippen LogP contribution is 2.82. The lowest BCUT2D eigenvalue weighted by atomic mass is 9.27. The van der Waals surface area contributed by atoms with Crippen LogP contribution in [0.3, 0.4) is 0 Å². The zero-order valence-electron chi connectivity index (χ0n) is 22.8. The summed E-state index contributed by atoms with van der Waals surface area (Å²) in [4.78, 5) is 0. The molecular formula is C34H40I2O2. The van der Waals surface area contributed by atoms with Crippen LogP contribution < -0.4 is 0 Å². The van der Waals surface area contributed by atoms with E-state index < -0.39 is 0 Å². The molecule has 202 valence electrons. The van der Waals surface area contributed by atoms with E-state index in [0.29, 0.717) is 33.2 Å². The fraction of sp³-hybridized carbons (Fsp3) is 0.647. The molecule has 0 saturated heterocycles. The first kappa shape index (κ1) is 25.2. The Kier molecular flexibility index (Phi) is 5.08. The maximum absolute atomic E-state index is 10.4. The van der Waals surface area contributed by atoms with Crippen molar-refractivity contribution in [1.82, 2.24) is 0 Å². The average molecular weight is 734 g/mol. The van der Waals surface area contributed by atoms with Gasteiger partial charge in [0.2, 0.25) is 0 Å². The summed E-state index contributed by atoms with van der Waals surface area (Å²) in [7, 11) is 0. The van der Waals surface area contributed by atoms with E-state index in [2.05, 4.69) is 83.3 Å². The van der Waals surface area contributed by atoms with Crippen molar-refractivity contribution in [2.45, 2.75) is 102 Å². The van der Waals surface area contributed by atoms with Crippen LogP contribution in [-0.2, 0) is 10.8 Å². The van der Waals surface area contributed by atoms with Crippen LogP contribution in [0.4, 0.5) is 0 Å². The van der Waals surface area contributed by atoms with E-state index in [1.165, 1.54) is 88.2 Å². The molecule has 2 aromatic carbocycles. The van der Waals surface area contributed by atoms with Gasteiger partial charge in [-0.25, -0.2) is 0 Å². The summed E-state index contributed by atoms with van der Waals surface area (Å²) >= 11 is 4.67. The SMILES string of the molecule is CC12CC3CC(c4ccc(O)c(I)c4)(C1)CC(C14CC5CC(C)(CC(c6ccc(O)c(I)c6)(C5)C1)C4)(C3)C2. The van der Waals surface area contributed by atoms with Crippen LogP contribution in [0.2, 0.25) is 0 Å². The van der Waals surface area contributed by atoms with E-state index in [1.54, 1.807) is 0 Å². The predicted octanol–water partition coefficient (Wildman–Crippen LogP) is 9.46. The predicted molar refractivity (Wildman–Crippen MR) is 168 cm³/mol. The second-order valence-corrected chi connectivity index (χ2v) is 18.4. The number of hydrogen-bond donors (Lipinski definition) is 2. The molecular weight excluding hydrogens is 694 g/mol. The van der Waals surface area contributed by atoms with Gasteiger partial charge >= 0.3 is 0 Å². The van der Waals surface area contributed by atoms with Gasteiger partial charge in [-0.05, 0) is 202 Å². The monoisotopic (exact) mass is 734 g/mol. The zero-order chi connectivity index (χ0) is 26.3. The number of halogens is 2. The number of aromatic hydroxyl groups is 2. The highest BCUT2D eigenvalue weighted by molar-refractivity contribution is 14.1. The zero-order valence-corrected chi connectivity index (χ0v) is 27.1. The molecule has 8 aliphatic carbocycles. The third-order valence-electron chi connectivity index (χ3n) is 12.9. The van der Waals surface area contributed by atoms with Gasteiger partial charge in [0.25, 0.3) is 0 Å². The van der Waals surface area contributed by atoms with Crippen LogP contribution in [0.25, 0.3) is 0 Å². The summed E-state index contributed by atoms with van der Waals surface area (Å²) in [6.45, 7) is 5.29. The minimum absolute atomic E-state index is 0.271. The Labute approximate surface area is 255 Å². The van der Waals surface area contributed by atoms with Gasteiger partial charge in [0, 0.05) is 0 Å². The van der Waals surface area contributed by atoms with E-state index in [0.717, 1.165) is 19.0 Å². The summed E-state index contributed by atoms with van der Waals surface area (Å²) in [5, 5.41) is 20.7. The first-order valence-electron chi connectivity index (χ1n) is 14.9. The van der Waals surface area contributed by atoms with Gasteiger partial charge in [-0.15, -0.1) is 0 Å². The van der Waals surface area contributed by atoms with E-state index >= 15 is 0 Å². The molecule has 8 atom stereocenters. The lowest BCUT2D eigenvalue weighted by Crippen LogP contribution is -2.68. The van der Waals surface area contributed by atoms with Crippen molar-refractivity contribution >= 4 is 45.2 Å². The smallest absolute Gasteiger partial charge is 0.128 e.